The van der Waals surface area contributed by atoms with Gasteiger partial charge in [-0.2, -0.15) is 5.26 Å². The van der Waals surface area contributed by atoms with Crippen LogP contribution < -0.4 is 16.0 Å². The Labute approximate surface area is 126 Å². The lowest BCUT2D eigenvalue weighted by Gasteiger charge is -2.17. The highest BCUT2D eigenvalue weighted by Crippen LogP contribution is 2.18. The summed E-state index contributed by atoms with van der Waals surface area (Å²) in [5, 5.41) is 19.5. The Kier molecular flexibility index (Phi) is 5.66. The number of nitrogens with one attached hydrogen (secondary N) is 1. The number of rotatable bonds is 5. The van der Waals surface area contributed by atoms with E-state index in [1.165, 1.54) is 6.92 Å². The predicted molar refractivity (Wildman–Crippen MR) is 78.4 cm³/mol. The van der Waals surface area contributed by atoms with Crippen LogP contribution in [-0.4, -0.2) is 29.4 Å². The van der Waals surface area contributed by atoms with Gasteiger partial charge >= 0.3 is 5.97 Å². The first-order valence-electron chi connectivity index (χ1n) is 6.12. The van der Waals surface area contributed by atoms with E-state index in [0.717, 1.165) is 11.1 Å². The van der Waals surface area contributed by atoms with Gasteiger partial charge in [0.25, 0.3) is 5.91 Å². The number of carboxylic acids is 1. The number of hydrogen-bond acceptors (Lipinski definition) is 5. The van der Waals surface area contributed by atoms with Crippen molar-refractivity contribution in [2.75, 3.05) is 17.2 Å². The molecule has 1 aromatic rings. The topological polar surface area (TPSA) is 137 Å². The largest absolute Gasteiger partial charge is 0.480 e. The van der Waals surface area contributed by atoms with Crippen LogP contribution in [0.5, 0.6) is 0 Å². The molecule has 0 heterocycles. The van der Waals surface area contributed by atoms with Crippen molar-refractivity contribution >= 4 is 29.2 Å². The number of carboxylic acid groups (broad SMARTS) is 1. The van der Waals surface area contributed by atoms with Crippen LogP contribution in [0.25, 0.3) is 0 Å². The number of anilines is 2. The molecular weight excluding hydrogens is 288 g/mol. The van der Waals surface area contributed by atoms with Gasteiger partial charge in [-0.05, 0) is 24.3 Å². The average molecular weight is 302 g/mol. The van der Waals surface area contributed by atoms with Crippen LogP contribution in [0.4, 0.5) is 11.4 Å². The van der Waals surface area contributed by atoms with Gasteiger partial charge < -0.3 is 16.2 Å². The Morgan fingerprint density at radius 3 is 2.41 bits per heavy atom. The molecule has 114 valence electrons. The molecule has 2 amide bonds. The molecular formula is C14H14N4O4. The van der Waals surface area contributed by atoms with Gasteiger partial charge in [0.15, 0.2) is 0 Å². The zero-order valence-electron chi connectivity index (χ0n) is 11.7. The summed E-state index contributed by atoms with van der Waals surface area (Å²) in [4.78, 5) is 34.9. The second-order valence-electron chi connectivity index (χ2n) is 4.21. The molecule has 0 fully saturated rings. The number of hydrogen-bond donors (Lipinski definition) is 3. The fourth-order valence-corrected chi connectivity index (χ4v) is 1.50. The molecule has 0 atom stereocenters. The van der Waals surface area contributed by atoms with Crippen LogP contribution in [0.2, 0.25) is 0 Å². The van der Waals surface area contributed by atoms with Crippen molar-refractivity contribution in [1.29, 1.82) is 5.26 Å². The minimum Gasteiger partial charge on any atom is -0.480 e. The van der Waals surface area contributed by atoms with E-state index in [9.17, 15) is 14.4 Å². The Morgan fingerprint density at radius 2 is 1.95 bits per heavy atom. The van der Waals surface area contributed by atoms with Gasteiger partial charge in [0.2, 0.25) is 5.91 Å². The molecule has 8 heteroatoms. The molecule has 8 nitrogen and oxygen atoms in total. The highest BCUT2D eigenvalue weighted by Gasteiger charge is 2.15. The standard InChI is InChI=1S/C14H14N4O4/c1-9(19)18(12-4-2-11(16)3-5-12)8-10(6-15)14(22)17-7-13(20)21/h2-5,8H,7,16H2,1H3,(H,17,22)(H,20,21)/b10-8-. The third-order valence-corrected chi connectivity index (χ3v) is 2.53. The molecule has 1 rings (SSSR count). The highest BCUT2D eigenvalue weighted by molar-refractivity contribution is 6.01. The third-order valence-electron chi connectivity index (χ3n) is 2.53. The van der Waals surface area contributed by atoms with Crippen LogP contribution >= 0.6 is 0 Å². The number of nitrogens with zero attached hydrogens (tertiary/aromatic N) is 2. The van der Waals surface area contributed by atoms with Gasteiger partial charge in [-0.1, -0.05) is 0 Å². The molecule has 0 unspecified atom stereocenters. The number of benzene rings is 1. The number of amides is 2. The Morgan fingerprint density at radius 1 is 1.36 bits per heavy atom. The van der Waals surface area contributed by atoms with Crippen molar-refractivity contribution in [1.82, 2.24) is 5.32 Å². The minimum absolute atomic E-state index is 0.395. The molecule has 22 heavy (non-hydrogen) atoms. The van der Waals surface area contributed by atoms with Gasteiger partial charge in [0.1, 0.15) is 18.2 Å². The lowest BCUT2D eigenvalue weighted by molar-refractivity contribution is -0.137. The molecule has 0 aromatic heterocycles. The van der Waals surface area contributed by atoms with Crippen molar-refractivity contribution in [3.8, 4) is 6.07 Å². The lowest BCUT2D eigenvalue weighted by atomic mass is 10.2. The molecule has 4 N–H and O–H groups in total. The van der Waals surface area contributed by atoms with E-state index in [0.29, 0.717) is 11.4 Å². The van der Waals surface area contributed by atoms with Gasteiger partial charge in [-0.25, -0.2) is 0 Å². The van der Waals surface area contributed by atoms with Crippen LogP contribution in [0.3, 0.4) is 0 Å². The number of carbonyl (C=O) groups excluding carboxylic acids is 2. The minimum atomic E-state index is -1.24. The highest BCUT2D eigenvalue weighted by atomic mass is 16.4. The van der Waals surface area contributed by atoms with Crippen molar-refractivity contribution < 1.29 is 19.5 Å². The van der Waals surface area contributed by atoms with Crippen molar-refractivity contribution in [3.05, 3.63) is 36.0 Å². The van der Waals surface area contributed by atoms with E-state index in [1.54, 1.807) is 30.3 Å². The first kappa shape index (κ1) is 16.7. The summed E-state index contributed by atoms with van der Waals surface area (Å²) >= 11 is 0. The Hall–Kier alpha value is -3.34. The van der Waals surface area contributed by atoms with E-state index < -0.39 is 29.9 Å². The van der Waals surface area contributed by atoms with E-state index in [2.05, 4.69) is 5.32 Å². The Bertz CT molecular complexity index is 658. The summed E-state index contributed by atoms with van der Waals surface area (Å²) < 4.78 is 0. The zero-order chi connectivity index (χ0) is 16.7. The third kappa shape index (κ3) is 4.64. The first-order chi connectivity index (χ1) is 10.3. The zero-order valence-corrected chi connectivity index (χ0v) is 11.7. The summed E-state index contributed by atoms with van der Waals surface area (Å²) in [6.07, 6.45) is 1.05. The molecule has 0 bridgehead atoms. The quantitative estimate of drug-likeness (QED) is 0.404. The molecule has 1 aromatic carbocycles. The van der Waals surface area contributed by atoms with Crippen molar-refractivity contribution in [2.24, 2.45) is 0 Å². The number of nitriles is 1. The summed E-state index contributed by atoms with van der Waals surface area (Å²) in [6.45, 7) is 0.636. The number of aliphatic carboxylic acids is 1. The van der Waals surface area contributed by atoms with E-state index in [4.69, 9.17) is 16.1 Å². The van der Waals surface area contributed by atoms with Gasteiger partial charge in [-0.15, -0.1) is 0 Å². The smallest absolute Gasteiger partial charge is 0.322 e. The SMILES string of the molecule is CC(=O)N(/C=C(/C#N)C(=O)NCC(=O)O)c1ccc(N)cc1. The first-order valence-corrected chi connectivity index (χ1v) is 6.12. The second kappa shape index (κ2) is 7.44. The van der Waals surface area contributed by atoms with Gasteiger partial charge in [-0.3, -0.25) is 19.3 Å². The van der Waals surface area contributed by atoms with E-state index in [-0.39, 0.29) is 0 Å². The number of carbonyl (C=O) groups is 3. The molecule has 0 spiro atoms. The number of nitrogen functional groups attached to an aromatic ring is 1. The normalized spacial score (nSPS) is 10.5. The van der Waals surface area contributed by atoms with E-state index in [1.807, 2.05) is 0 Å². The summed E-state index contributed by atoms with van der Waals surface area (Å²) in [6, 6.07) is 7.87. The van der Waals surface area contributed by atoms with Crippen LogP contribution in [0.1, 0.15) is 6.92 Å². The second-order valence-corrected chi connectivity index (χ2v) is 4.21. The van der Waals surface area contributed by atoms with Gasteiger partial charge in [0.05, 0.1) is 0 Å². The molecule has 0 aliphatic carbocycles. The monoisotopic (exact) mass is 302 g/mol. The van der Waals surface area contributed by atoms with Gasteiger partial charge in [0, 0.05) is 24.5 Å². The van der Waals surface area contributed by atoms with Crippen LogP contribution in [0.15, 0.2) is 36.0 Å². The maximum absolute atomic E-state index is 11.7. The maximum atomic E-state index is 11.7. The molecule has 0 aliphatic heterocycles. The van der Waals surface area contributed by atoms with E-state index >= 15 is 0 Å². The molecule has 0 radical (unpaired) electrons. The fourth-order valence-electron chi connectivity index (χ4n) is 1.50. The van der Waals surface area contributed by atoms with Crippen LogP contribution in [0, 0.1) is 11.3 Å². The molecule has 0 aliphatic rings. The molecule has 0 saturated heterocycles. The fraction of sp³-hybridized carbons (Fsp3) is 0.143. The Balaban J connectivity index is 3.07. The number of nitrogens with two attached hydrogens (primary N) is 1. The van der Waals surface area contributed by atoms with Crippen molar-refractivity contribution in [3.63, 3.8) is 0 Å². The molecule has 0 saturated carbocycles. The average Bonchev–Trinajstić information content (AvgIpc) is 2.47. The lowest BCUT2D eigenvalue weighted by Crippen LogP contribution is -2.32. The van der Waals surface area contributed by atoms with Crippen LogP contribution in [-0.2, 0) is 14.4 Å². The van der Waals surface area contributed by atoms with Crippen molar-refractivity contribution in [2.45, 2.75) is 6.92 Å². The maximum Gasteiger partial charge on any atom is 0.322 e. The summed E-state index contributed by atoms with van der Waals surface area (Å²) in [5.74, 6) is -2.55. The summed E-state index contributed by atoms with van der Waals surface area (Å²) in [5.41, 5.74) is 6.07. The summed E-state index contributed by atoms with van der Waals surface area (Å²) in [7, 11) is 0. The predicted octanol–water partition coefficient (Wildman–Crippen LogP) is 0.230.